The minimum Gasteiger partial charge on any atom is -0.306 e. The molecule has 2 aliphatic heterocycles. The number of hydrazine groups is 2. The molecule has 0 bridgehead atoms. The van der Waals surface area contributed by atoms with Crippen LogP contribution in [0, 0.1) is 0 Å². The predicted molar refractivity (Wildman–Crippen MR) is 63.6 cm³/mol. The fraction of sp³-hybridized carbons (Fsp3) is 0.200. The summed E-state index contributed by atoms with van der Waals surface area (Å²) >= 11 is 1.75. The van der Waals surface area contributed by atoms with Crippen LogP contribution in [-0.2, 0) is 0 Å². The zero-order chi connectivity index (χ0) is 10.1. The first-order chi connectivity index (χ1) is 7.45. The van der Waals surface area contributed by atoms with E-state index in [2.05, 4.69) is 44.5 Å². The van der Waals surface area contributed by atoms with E-state index in [0.717, 1.165) is 13.1 Å². The van der Waals surface area contributed by atoms with Gasteiger partial charge >= 0.3 is 0 Å². The molecule has 4 nitrogen and oxygen atoms in total. The summed E-state index contributed by atoms with van der Waals surface area (Å²) in [4.78, 5) is 0. The number of rotatable bonds is 2. The standard InChI is InChI=1S/C10H12N4S/c1-4-11-13(6-1)9-3-8-15-10(9)14-7-2-5-12-14/h1-5,8,11-12H,6-7H2. The van der Waals surface area contributed by atoms with Crippen LogP contribution in [0.3, 0.4) is 0 Å². The Morgan fingerprint density at radius 3 is 2.47 bits per heavy atom. The van der Waals surface area contributed by atoms with Crippen LogP contribution in [0.2, 0.25) is 0 Å². The number of nitrogens with zero attached hydrogens (tertiary/aromatic N) is 2. The summed E-state index contributed by atoms with van der Waals surface area (Å²) in [5.74, 6) is 0. The fourth-order valence-corrected chi connectivity index (χ4v) is 2.60. The molecule has 0 fully saturated rings. The maximum atomic E-state index is 3.21. The molecule has 1 aromatic heterocycles. The highest BCUT2D eigenvalue weighted by Gasteiger charge is 2.18. The van der Waals surface area contributed by atoms with E-state index < -0.39 is 0 Å². The van der Waals surface area contributed by atoms with Crippen molar-refractivity contribution >= 4 is 22.0 Å². The number of nitrogens with one attached hydrogen (secondary N) is 2. The van der Waals surface area contributed by atoms with Crippen LogP contribution in [0.4, 0.5) is 10.7 Å². The minimum atomic E-state index is 0.922. The van der Waals surface area contributed by atoms with E-state index in [4.69, 9.17) is 0 Å². The maximum Gasteiger partial charge on any atom is 0.136 e. The molecule has 1 aromatic rings. The lowest BCUT2D eigenvalue weighted by Gasteiger charge is -2.23. The lowest BCUT2D eigenvalue weighted by atomic mass is 10.4. The van der Waals surface area contributed by atoms with Crippen LogP contribution in [0.5, 0.6) is 0 Å². The van der Waals surface area contributed by atoms with Gasteiger partial charge in [0.2, 0.25) is 0 Å². The van der Waals surface area contributed by atoms with Crippen molar-refractivity contribution in [3.05, 3.63) is 36.0 Å². The first-order valence-corrected chi connectivity index (χ1v) is 5.78. The summed E-state index contributed by atoms with van der Waals surface area (Å²) in [6, 6.07) is 2.14. The summed E-state index contributed by atoms with van der Waals surface area (Å²) < 4.78 is 0. The lowest BCUT2D eigenvalue weighted by Crippen LogP contribution is -2.34. The molecule has 15 heavy (non-hydrogen) atoms. The molecule has 0 atom stereocenters. The van der Waals surface area contributed by atoms with Gasteiger partial charge in [-0.25, -0.2) is 0 Å². The molecule has 2 aliphatic rings. The number of anilines is 2. The normalized spacial score (nSPS) is 18.4. The molecule has 3 rings (SSSR count). The number of hydrogen-bond acceptors (Lipinski definition) is 5. The van der Waals surface area contributed by atoms with Gasteiger partial charge in [0.1, 0.15) is 5.00 Å². The summed E-state index contributed by atoms with van der Waals surface area (Å²) in [6.45, 7) is 1.85. The molecular formula is C10H12N4S. The average Bonchev–Trinajstić information content (AvgIpc) is 3.01. The van der Waals surface area contributed by atoms with Gasteiger partial charge in [-0.3, -0.25) is 10.0 Å². The molecule has 5 heteroatoms. The van der Waals surface area contributed by atoms with Gasteiger partial charge in [0.05, 0.1) is 18.8 Å². The largest absolute Gasteiger partial charge is 0.306 e. The molecule has 0 amide bonds. The van der Waals surface area contributed by atoms with Gasteiger partial charge in [-0.05, 0) is 23.6 Å². The Hall–Kier alpha value is -1.62. The molecule has 0 saturated carbocycles. The van der Waals surface area contributed by atoms with Crippen molar-refractivity contribution in [2.45, 2.75) is 0 Å². The summed E-state index contributed by atoms with van der Waals surface area (Å²) in [7, 11) is 0. The van der Waals surface area contributed by atoms with Crippen molar-refractivity contribution in [3.63, 3.8) is 0 Å². The summed E-state index contributed by atoms with van der Waals surface area (Å²) in [6.07, 6.45) is 8.16. The van der Waals surface area contributed by atoms with Gasteiger partial charge in [-0.2, -0.15) is 0 Å². The van der Waals surface area contributed by atoms with Gasteiger partial charge < -0.3 is 10.9 Å². The van der Waals surface area contributed by atoms with Crippen molar-refractivity contribution in [2.75, 3.05) is 23.1 Å². The average molecular weight is 220 g/mol. The second-order valence-corrected chi connectivity index (χ2v) is 4.29. The SMILES string of the molecule is C1=CNN(c2ccsc2N2CC=CN2)C1. The zero-order valence-corrected chi connectivity index (χ0v) is 9.00. The number of thiophene rings is 1. The van der Waals surface area contributed by atoms with Gasteiger partial charge in [0, 0.05) is 12.4 Å². The molecule has 2 N–H and O–H groups in total. The lowest BCUT2D eigenvalue weighted by molar-refractivity contribution is 0.814. The summed E-state index contributed by atoms with van der Waals surface area (Å²) in [5, 5.41) is 7.63. The number of hydrogen-bond donors (Lipinski definition) is 2. The van der Waals surface area contributed by atoms with Crippen LogP contribution in [0.15, 0.2) is 36.0 Å². The van der Waals surface area contributed by atoms with Crippen LogP contribution in [-0.4, -0.2) is 13.1 Å². The van der Waals surface area contributed by atoms with E-state index in [0.29, 0.717) is 0 Å². The topological polar surface area (TPSA) is 30.5 Å². The minimum absolute atomic E-state index is 0.922. The zero-order valence-electron chi connectivity index (χ0n) is 8.18. The van der Waals surface area contributed by atoms with Gasteiger partial charge in [-0.15, -0.1) is 11.3 Å². The van der Waals surface area contributed by atoms with Gasteiger partial charge in [0.15, 0.2) is 0 Å². The van der Waals surface area contributed by atoms with E-state index in [1.165, 1.54) is 10.7 Å². The third kappa shape index (κ3) is 1.45. The second-order valence-electron chi connectivity index (χ2n) is 3.40. The molecule has 0 spiro atoms. The molecule has 78 valence electrons. The van der Waals surface area contributed by atoms with Crippen LogP contribution < -0.4 is 20.9 Å². The van der Waals surface area contributed by atoms with Crippen molar-refractivity contribution < 1.29 is 0 Å². The van der Waals surface area contributed by atoms with Gasteiger partial charge in [-0.1, -0.05) is 0 Å². The highest BCUT2D eigenvalue weighted by molar-refractivity contribution is 7.14. The second kappa shape index (κ2) is 3.51. The van der Waals surface area contributed by atoms with E-state index in [1.54, 1.807) is 11.3 Å². The molecule has 3 heterocycles. The highest BCUT2D eigenvalue weighted by atomic mass is 32.1. The molecule has 0 aliphatic carbocycles. The smallest absolute Gasteiger partial charge is 0.136 e. The Morgan fingerprint density at radius 1 is 1.07 bits per heavy atom. The van der Waals surface area contributed by atoms with Gasteiger partial charge in [0.25, 0.3) is 0 Å². The van der Waals surface area contributed by atoms with E-state index in [1.807, 2.05) is 12.4 Å². The third-order valence-corrected chi connectivity index (χ3v) is 3.36. The third-order valence-electron chi connectivity index (χ3n) is 2.43. The van der Waals surface area contributed by atoms with Crippen molar-refractivity contribution in [1.29, 1.82) is 0 Å². The van der Waals surface area contributed by atoms with Crippen LogP contribution >= 0.6 is 11.3 Å². The Balaban J connectivity index is 1.85. The predicted octanol–water partition coefficient (Wildman–Crippen LogP) is 1.42. The van der Waals surface area contributed by atoms with Crippen molar-refractivity contribution in [3.8, 4) is 0 Å². The first-order valence-electron chi connectivity index (χ1n) is 4.90. The van der Waals surface area contributed by atoms with Crippen LogP contribution in [0.25, 0.3) is 0 Å². The van der Waals surface area contributed by atoms with E-state index >= 15 is 0 Å². The quantitative estimate of drug-likeness (QED) is 0.789. The molecule has 0 unspecified atom stereocenters. The Kier molecular flexibility index (Phi) is 2.03. The fourth-order valence-electron chi connectivity index (χ4n) is 1.72. The van der Waals surface area contributed by atoms with E-state index in [9.17, 15) is 0 Å². The first kappa shape index (κ1) is 8.67. The molecule has 0 saturated heterocycles. The summed E-state index contributed by atoms with van der Waals surface area (Å²) in [5.41, 5.74) is 7.64. The molecule has 0 aromatic carbocycles. The Bertz CT molecular complexity index is 357. The van der Waals surface area contributed by atoms with Crippen molar-refractivity contribution in [2.24, 2.45) is 0 Å². The Morgan fingerprint density at radius 2 is 1.80 bits per heavy atom. The van der Waals surface area contributed by atoms with E-state index in [-0.39, 0.29) is 0 Å². The molecular weight excluding hydrogens is 208 g/mol. The van der Waals surface area contributed by atoms with Crippen LogP contribution in [0.1, 0.15) is 0 Å². The highest BCUT2D eigenvalue weighted by Crippen LogP contribution is 2.35. The monoisotopic (exact) mass is 220 g/mol. The van der Waals surface area contributed by atoms with Crippen molar-refractivity contribution in [1.82, 2.24) is 10.9 Å². The maximum absolute atomic E-state index is 3.21. The Labute approximate surface area is 92.4 Å². The molecule has 0 radical (unpaired) electrons.